The van der Waals surface area contributed by atoms with Crippen LogP contribution in [0.1, 0.15) is 90.9 Å². The third-order valence-electron chi connectivity index (χ3n) is 4.23. The highest BCUT2D eigenvalue weighted by atomic mass is 16.5. The van der Waals surface area contributed by atoms with E-state index in [0.717, 1.165) is 18.9 Å². The normalized spacial score (nSPS) is 18.0. The summed E-state index contributed by atoms with van der Waals surface area (Å²) in [6.45, 7) is 5.21. The van der Waals surface area contributed by atoms with Crippen molar-refractivity contribution in [1.29, 1.82) is 0 Å². The van der Waals surface area contributed by atoms with Crippen LogP contribution in [0.4, 0.5) is 0 Å². The molecular weight excluding hydrogens is 282 g/mol. The second kappa shape index (κ2) is 14.5. The van der Waals surface area contributed by atoms with Crippen LogP contribution in [0.25, 0.3) is 0 Å². The van der Waals surface area contributed by atoms with Gasteiger partial charge in [-0.1, -0.05) is 69.8 Å². The van der Waals surface area contributed by atoms with Gasteiger partial charge in [-0.15, -0.1) is 0 Å². The Labute approximate surface area is 144 Å². The summed E-state index contributed by atoms with van der Waals surface area (Å²) < 4.78 is 5.61. The number of unbranched alkanes of at least 4 members (excludes halogenated alkanes) is 9. The number of aliphatic imine (C=N–C) groups is 1. The van der Waals surface area contributed by atoms with Gasteiger partial charge in [-0.3, -0.25) is 4.99 Å². The van der Waals surface area contributed by atoms with E-state index in [4.69, 9.17) is 4.74 Å². The van der Waals surface area contributed by atoms with Gasteiger partial charge in [-0.25, -0.2) is 0 Å². The molecule has 1 unspecified atom stereocenters. The van der Waals surface area contributed by atoms with Crippen LogP contribution >= 0.6 is 0 Å². The van der Waals surface area contributed by atoms with Gasteiger partial charge in [0.2, 0.25) is 0 Å². The minimum atomic E-state index is 0.308. The first-order valence-electron chi connectivity index (χ1n) is 9.84. The maximum Gasteiger partial charge on any atom is 0.183 e. The molecule has 2 heteroatoms. The van der Waals surface area contributed by atoms with Crippen molar-refractivity contribution >= 4 is 5.90 Å². The Bertz CT molecular complexity index is 357. The molecule has 1 aliphatic rings. The van der Waals surface area contributed by atoms with Gasteiger partial charge in [0.25, 0.3) is 0 Å². The topological polar surface area (TPSA) is 21.6 Å². The first-order chi connectivity index (χ1) is 11.3. The van der Waals surface area contributed by atoms with Crippen LogP contribution in [0, 0.1) is 0 Å². The van der Waals surface area contributed by atoms with E-state index in [1.165, 1.54) is 70.6 Å². The maximum absolute atomic E-state index is 5.61. The zero-order valence-electron chi connectivity index (χ0n) is 15.4. The Kier molecular flexibility index (Phi) is 12.6. The summed E-state index contributed by atoms with van der Waals surface area (Å²) in [5, 5.41) is 0. The second-order valence-electron chi connectivity index (χ2n) is 6.67. The van der Waals surface area contributed by atoms with E-state index in [2.05, 4.69) is 43.1 Å². The molecule has 0 fully saturated rings. The van der Waals surface area contributed by atoms with Crippen molar-refractivity contribution in [2.75, 3.05) is 6.54 Å². The molecule has 23 heavy (non-hydrogen) atoms. The van der Waals surface area contributed by atoms with Crippen LogP contribution < -0.4 is 0 Å². The van der Waals surface area contributed by atoms with Crippen LogP contribution in [0.5, 0.6) is 0 Å². The number of nitrogens with zero attached hydrogens (tertiary/aromatic N) is 1. The molecule has 0 N–H and O–H groups in total. The molecule has 1 heterocycles. The number of hydrogen-bond donors (Lipinski definition) is 0. The summed E-state index contributed by atoms with van der Waals surface area (Å²) in [7, 11) is 0. The van der Waals surface area contributed by atoms with Gasteiger partial charge in [0.1, 0.15) is 6.10 Å². The average Bonchev–Trinajstić information content (AvgIpc) is 2.96. The van der Waals surface area contributed by atoms with Crippen LogP contribution in [-0.2, 0) is 4.74 Å². The monoisotopic (exact) mass is 319 g/mol. The average molecular weight is 320 g/mol. The van der Waals surface area contributed by atoms with Gasteiger partial charge in [-0.2, -0.15) is 0 Å². The van der Waals surface area contributed by atoms with Crippen molar-refractivity contribution in [1.82, 2.24) is 0 Å². The summed E-state index contributed by atoms with van der Waals surface area (Å²) in [4.78, 5) is 4.40. The Hall–Kier alpha value is -1.05. The molecule has 0 aromatic carbocycles. The molecule has 1 aliphatic heterocycles. The minimum absolute atomic E-state index is 0.308. The minimum Gasteiger partial charge on any atom is -0.476 e. The van der Waals surface area contributed by atoms with E-state index in [1.54, 1.807) is 0 Å². The van der Waals surface area contributed by atoms with E-state index >= 15 is 0 Å². The third kappa shape index (κ3) is 12.1. The van der Waals surface area contributed by atoms with Crippen molar-refractivity contribution in [2.45, 2.75) is 97.0 Å². The van der Waals surface area contributed by atoms with E-state index in [1.807, 2.05) is 0 Å². The van der Waals surface area contributed by atoms with E-state index < -0.39 is 0 Å². The zero-order valence-corrected chi connectivity index (χ0v) is 15.4. The smallest absolute Gasteiger partial charge is 0.183 e. The molecular formula is C21H37NO. The van der Waals surface area contributed by atoms with Crippen LogP contribution in [0.2, 0.25) is 0 Å². The predicted octanol–water partition coefficient (Wildman–Crippen LogP) is 6.62. The second-order valence-corrected chi connectivity index (χ2v) is 6.67. The Morgan fingerprint density at radius 3 is 2.13 bits per heavy atom. The lowest BCUT2D eigenvalue weighted by Crippen LogP contribution is -2.07. The molecule has 0 amide bonds. The Morgan fingerprint density at radius 1 is 0.913 bits per heavy atom. The maximum atomic E-state index is 5.61. The number of rotatable bonds is 14. The summed E-state index contributed by atoms with van der Waals surface area (Å²) >= 11 is 0. The SMILES string of the molecule is CCCCCC/C=C/C=C/CCCCCCCC1=NCC(C)O1. The molecule has 0 spiro atoms. The Balaban J connectivity index is 1.80. The van der Waals surface area contributed by atoms with Crippen LogP contribution in [-0.4, -0.2) is 18.5 Å². The highest BCUT2D eigenvalue weighted by Crippen LogP contribution is 2.12. The molecule has 0 radical (unpaired) electrons. The van der Waals surface area contributed by atoms with Gasteiger partial charge >= 0.3 is 0 Å². The largest absolute Gasteiger partial charge is 0.476 e. The van der Waals surface area contributed by atoms with Crippen LogP contribution in [0.3, 0.4) is 0 Å². The van der Waals surface area contributed by atoms with Crippen LogP contribution in [0.15, 0.2) is 29.3 Å². The van der Waals surface area contributed by atoms with E-state index in [9.17, 15) is 0 Å². The lowest BCUT2D eigenvalue weighted by Gasteiger charge is -2.05. The summed E-state index contributed by atoms with van der Waals surface area (Å²) in [5.41, 5.74) is 0. The molecule has 0 aromatic heterocycles. The summed E-state index contributed by atoms with van der Waals surface area (Å²) in [5.74, 6) is 0.988. The molecule has 0 bridgehead atoms. The van der Waals surface area contributed by atoms with Gasteiger partial charge in [0.15, 0.2) is 5.90 Å². The van der Waals surface area contributed by atoms with Crippen molar-refractivity contribution in [3.63, 3.8) is 0 Å². The molecule has 1 rings (SSSR count). The molecule has 0 saturated carbocycles. The molecule has 132 valence electrons. The fourth-order valence-corrected chi connectivity index (χ4v) is 2.78. The standard InChI is InChI=1S/C21H37NO/c1-3-4-5-6-7-8-9-10-11-12-13-14-15-16-17-18-21-22-19-20(2)23-21/h8-11,20H,3-7,12-19H2,1-2H3/b9-8+,11-10+. The van der Waals surface area contributed by atoms with E-state index in [-0.39, 0.29) is 0 Å². The third-order valence-corrected chi connectivity index (χ3v) is 4.23. The highest BCUT2D eigenvalue weighted by molar-refractivity contribution is 5.77. The molecule has 2 nitrogen and oxygen atoms in total. The van der Waals surface area contributed by atoms with E-state index in [0.29, 0.717) is 6.10 Å². The fraction of sp³-hybridized carbons (Fsp3) is 0.762. The van der Waals surface area contributed by atoms with Gasteiger partial charge in [0.05, 0.1) is 6.54 Å². The first-order valence-corrected chi connectivity index (χ1v) is 9.84. The lowest BCUT2D eigenvalue weighted by atomic mass is 10.1. The number of allylic oxidation sites excluding steroid dienone is 4. The Morgan fingerprint density at radius 2 is 1.52 bits per heavy atom. The summed E-state index contributed by atoms with van der Waals surface area (Å²) in [6.07, 6.45) is 24.8. The zero-order chi connectivity index (χ0) is 16.6. The molecule has 0 saturated heterocycles. The van der Waals surface area contributed by atoms with Crippen molar-refractivity contribution < 1.29 is 4.74 Å². The van der Waals surface area contributed by atoms with Gasteiger partial charge in [-0.05, 0) is 39.0 Å². The van der Waals surface area contributed by atoms with Gasteiger partial charge in [0, 0.05) is 6.42 Å². The quantitative estimate of drug-likeness (QED) is 0.260. The highest BCUT2D eigenvalue weighted by Gasteiger charge is 2.13. The summed E-state index contributed by atoms with van der Waals surface area (Å²) in [6, 6.07) is 0. The van der Waals surface area contributed by atoms with Crippen molar-refractivity contribution in [3.05, 3.63) is 24.3 Å². The molecule has 0 aromatic rings. The first kappa shape index (κ1) is 20.0. The predicted molar refractivity (Wildman–Crippen MR) is 102 cm³/mol. The van der Waals surface area contributed by atoms with Crippen molar-refractivity contribution in [3.8, 4) is 0 Å². The fourth-order valence-electron chi connectivity index (χ4n) is 2.78. The molecule has 1 atom stereocenters. The number of ether oxygens (including phenoxy) is 1. The van der Waals surface area contributed by atoms with Gasteiger partial charge < -0.3 is 4.74 Å². The molecule has 0 aliphatic carbocycles. The lowest BCUT2D eigenvalue weighted by molar-refractivity contribution is 0.238. The van der Waals surface area contributed by atoms with Crippen molar-refractivity contribution in [2.24, 2.45) is 4.99 Å². The number of hydrogen-bond acceptors (Lipinski definition) is 2.